The molecular formula is C17H28N2O5. The highest BCUT2D eigenvalue weighted by Crippen LogP contribution is 2.10. The molecule has 0 aromatic heterocycles. The maximum atomic E-state index is 11.6. The Labute approximate surface area is 143 Å². The largest absolute Gasteiger partial charge is 0.480 e. The number of nitrogens with two attached hydrogens (primary N) is 1. The zero-order chi connectivity index (χ0) is 17.6. The van der Waals surface area contributed by atoms with E-state index in [1.807, 2.05) is 0 Å². The van der Waals surface area contributed by atoms with Crippen LogP contribution in [0.5, 0.6) is 0 Å². The standard InChI is InChI=1S/C17H28N2O5/c18-11-7-6-10-15(16(20)21)19-17(22)24-13-12-23-14-8-4-2-1-3-5-9-14/h14-15H,1-4,6-8,10-13,18H2,(H,19,22)(H,20,21)/t14?,15-/m0/s1. The summed E-state index contributed by atoms with van der Waals surface area (Å²) in [4.78, 5) is 22.7. The number of rotatable bonds is 10. The Morgan fingerprint density at radius 1 is 1.25 bits per heavy atom. The number of unbranched alkanes of at least 4 members (excludes halogenated alkanes) is 1. The molecule has 1 unspecified atom stereocenters. The summed E-state index contributed by atoms with van der Waals surface area (Å²) in [5, 5.41) is 11.4. The molecule has 1 rings (SSSR count). The van der Waals surface area contributed by atoms with E-state index in [2.05, 4.69) is 17.2 Å². The van der Waals surface area contributed by atoms with Crippen molar-refractivity contribution in [2.24, 2.45) is 5.73 Å². The number of hydrogen-bond donors (Lipinski definition) is 3. The van der Waals surface area contributed by atoms with Gasteiger partial charge in [0.1, 0.15) is 18.8 Å². The molecule has 0 saturated heterocycles. The predicted octanol–water partition coefficient (Wildman–Crippen LogP) is 1.65. The van der Waals surface area contributed by atoms with Gasteiger partial charge < -0.3 is 25.6 Å². The summed E-state index contributed by atoms with van der Waals surface area (Å²) in [6.45, 7) is 0.814. The molecule has 2 atom stereocenters. The summed E-state index contributed by atoms with van der Waals surface area (Å²) in [6.07, 6.45) is 6.00. The highest BCUT2D eigenvalue weighted by atomic mass is 16.6. The first-order chi connectivity index (χ1) is 11.6. The van der Waals surface area contributed by atoms with Crippen LogP contribution < -0.4 is 11.1 Å². The van der Waals surface area contributed by atoms with E-state index in [1.165, 1.54) is 0 Å². The molecule has 0 aromatic rings. The summed E-state index contributed by atoms with van der Waals surface area (Å²) >= 11 is 0. The molecule has 1 amide bonds. The van der Waals surface area contributed by atoms with E-state index in [4.69, 9.17) is 20.3 Å². The molecule has 136 valence electrons. The molecule has 0 heterocycles. The van der Waals surface area contributed by atoms with Crippen LogP contribution in [0.25, 0.3) is 0 Å². The fraction of sp³-hybridized carbons (Fsp3) is 0.765. The van der Waals surface area contributed by atoms with Crippen molar-refractivity contribution in [3.63, 3.8) is 0 Å². The summed E-state index contributed by atoms with van der Waals surface area (Å²) in [6, 6.07) is -0.957. The first kappa shape index (κ1) is 20.3. The van der Waals surface area contributed by atoms with Gasteiger partial charge in [0.05, 0.1) is 6.61 Å². The first-order valence-corrected chi connectivity index (χ1v) is 8.59. The average molecular weight is 340 g/mol. The summed E-state index contributed by atoms with van der Waals surface area (Å²) in [7, 11) is 0. The zero-order valence-electron chi connectivity index (χ0n) is 14.1. The first-order valence-electron chi connectivity index (χ1n) is 8.59. The average Bonchev–Trinajstić information content (AvgIpc) is 2.52. The minimum Gasteiger partial charge on any atom is -0.480 e. The fourth-order valence-corrected chi connectivity index (χ4v) is 2.36. The number of carbonyl (C=O) groups excluding carboxylic acids is 1. The molecule has 0 radical (unpaired) electrons. The Kier molecular flexibility index (Phi) is 10.7. The van der Waals surface area contributed by atoms with E-state index in [9.17, 15) is 9.59 Å². The van der Waals surface area contributed by atoms with Crippen molar-refractivity contribution in [3.8, 4) is 11.8 Å². The van der Waals surface area contributed by atoms with Gasteiger partial charge in [0.25, 0.3) is 0 Å². The molecule has 0 aromatic carbocycles. The van der Waals surface area contributed by atoms with E-state index >= 15 is 0 Å². The second-order valence-corrected chi connectivity index (χ2v) is 5.74. The lowest BCUT2D eigenvalue weighted by Crippen LogP contribution is -2.41. The SMILES string of the molecule is NCCCC[C@H](NC(=O)OCCOC1C#CCCCCC1)C(=O)O. The Hall–Kier alpha value is -1.78. The van der Waals surface area contributed by atoms with Gasteiger partial charge in [-0.15, -0.1) is 5.92 Å². The number of carboxylic acids is 1. The molecule has 0 fully saturated rings. The van der Waals surface area contributed by atoms with Crippen molar-refractivity contribution in [1.29, 1.82) is 0 Å². The number of aliphatic carboxylic acids is 1. The van der Waals surface area contributed by atoms with E-state index in [1.54, 1.807) is 0 Å². The Morgan fingerprint density at radius 3 is 2.83 bits per heavy atom. The maximum absolute atomic E-state index is 11.6. The van der Waals surface area contributed by atoms with Crippen LogP contribution in [0.2, 0.25) is 0 Å². The normalized spacial score (nSPS) is 18.5. The van der Waals surface area contributed by atoms with Crippen LogP contribution in [0.3, 0.4) is 0 Å². The third-order valence-electron chi connectivity index (χ3n) is 3.70. The molecule has 1 aliphatic rings. The molecule has 24 heavy (non-hydrogen) atoms. The third kappa shape index (κ3) is 9.38. The molecule has 0 aliphatic heterocycles. The van der Waals surface area contributed by atoms with Crippen molar-refractivity contribution in [2.75, 3.05) is 19.8 Å². The van der Waals surface area contributed by atoms with Crippen molar-refractivity contribution in [3.05, 3.63) is 0 Å². The molecule has 0 saturated carbocycles. The number of alkyl carbamates (subject to hydrolysis) is 1. The predicted molar refractivity (Wildman–Crippen MR) is 89.4 cm³/mol. The molecule has 7 heteroatoms. The van der Waals surface area contributed by atoms with Gasteiger partial charge in [-0.25, -0.2) is 9.59 Å². The van der Waals surface area contributed by atoms with Gasteiger partial charge in [0.15, 0.2) is 0 Å². The second-order valence-electron chi connectivity index (χ2n) is 5.74. The Bertz CT molecular complexity index is 444. The molecule has 7 nitrogen and oxygen atoms in total. The monoisotopic (exact) mass is 340 g/mol. The van der Waals surface area contributed by atoms with Crippen LogP contribution in [-0.2, 0) is 14.3 Å². The van der Waals surface area contributed by atoms with Crippen LogP contribution in [0.15, 0.2) is 0 Å². The fourth-order valence-electron chi connectivity index (χ4n) is 2.36. The van der Waals surface area contributed by atoms with E-state index in [-0.39, 0.29) is 19.3 Å². The van der Waals surface area contributed by atoms with E-state index in [0.29, 0.717) is 19.4 Å². The Morgan fingerprint density at radius 2 is 2.08 bits per heavy atom. The minimum absolute atomic E-state index is 0.0686. The van der Waals surface area contributed by atoms with Crippen molar-refractivity contribution >= 4 is 12.1 Å². The lowest BCUT2D eigenvalue weighted by atomic mass is 10.1. The number of amides is 1. The minimum atomic E-state index is -1.08. The van der Waals surface area contributed by atoms with Gasteiger partial charge in [-0.2, -0.15) is 0 Å². The highest BCUT2D eigenvalue weighted by Gasteiger charge is 2.20. The van der Waals surface area contributed by atoms with Gasteiger partial charge in [-0.1, -0.05) is 12.3 Å². The number of ether oxygens (including phenoxy) is 2. The lowest BCUT2D eigenvalue weighted by Gasteiger charge is -2.16. The number of carboxylic acid groups (broad SMARTS) is 1. The molecular weight excluding hydrogens is 312 g/mol. The lowest BCUT2D eigenvalue weighted by molar-refractivity contribution is -0.139. The highest BCUT2D eigenvalue weighted by molar-refractivity contribution is 5.79. The second kappa shape index (κ2) is 12.6. The number of nitrogens with one attached hydrogen (secondary N) is 1. The quantitative estimate of drug-likeness (QED) is 0.412. The maximum Gasteiger partial charge on any atom is 0.407 e. The molecule has 0 bridgehead atoms. The summed E-state index contributed by atoms with van der Waals surface area (Å²) in [5.74, 6) is 5.07. The Balaban J connectivity index is 2.20. The topological polar surface area (TPSA) is 111 Å². The third-order valence-corrected chi connectivity index (χ3v) is 3.70. The van der Waals surface area contributed by atoms with Gasteiger partial charge in [-0.3, -0.25) is 0 Å². The van der Waals surface area contributed by atoms with Crippen LogP contribution in [-0.4, -0.2) is 49.1 Å². The van der Waals surface area contributed by atoms with Crippen LogP contribution in [0.4, 0.5) is 4.79 Å². The van der Waals surface area contributed by atoms with Gasteiger partial charge in [0, 0.05) is 6.42 Å². The molecule has 1 aliphatic carbocycles. The number of carbonyl (C=O) groups is 2. The molecule has 0 spiro atoms. The van der Waals surface area contributed by atoms with Gasteiger partial charge in [-0.05, 0) is 45.1 Å². The van der Waals surface area contributed by atoms with Gasteiger partial charge in [0.2, 0.25) is 0 Å². The van der Waals surface area contributed by atoms with Crippen molar-refractivity contribution in [1.82, 2.24) is 5.32 Å². The van der Waals surface area contributed by atoms with Crippen LogP contribution in [0.1, 0.15) is 51.4 Å². The summed E-state index contributed by atoms with van der Waals surface area (Å²) in [5.41, 5.74) is 5.37. The zero-order valence-corrected chi connectivity index (χ0v) is 14.1. The number of hydrogen-bond acceptors (Lipinski definition) is 5. The van der Waals surface area contributed by atoms with E-state index < -0.39 is 18.1 Å². The summed E-state index contributed by atoms with van der Waals surface area (Å²) < 4.78 is 10.6. The van der Waals surface area contributed by atoms with Crippen LogP contribution in [0, 0.1) is 11.8 Å². The molecule has 4 N–H and O–H groups in total. The van der Waals surface area contributed by atoms with Crippen molar-refractivity contribution in [2.45, 2.75) is 63.5 Å². The van der Waals surface area contributed by atoms with E-state index in [0.717, 1.165) is 38.5 Å². The van der Waals surface area contributed by atoms with Crippen molar-refractivity contribution < 1.29 is 24.2 Å². The smallest absolute Gasteiger partial charge is 0.407 e. The van der Waals surface area contributed by atoms with Crippen LogP contribution >= 0.6 is 0 Å². The van der Waals surface area contributed by atoms with Gasteiger partial charge >= 0.3 is 12.1 Å².